The molecule has 0 radical (unpaired) electrons. The summed E-state index contributed by atoms with van der Waals surface area (Å²) in [6, 6.07) is -0.458. The highest BCUT2D eigenvalue weighted by Gasteiger charge is 2.50. The van der Waals surface area contributed by atoms with Crippen LogP contribution in [0.1, 0.15) is 46.0 Å². The Morgan fingerprint density at radius 2 is 2.12 bits per heavy atom. The van der Waals surface area contributed by atoms with Gasteiger partial charge in [0.15, 0.2) is 0 Å². The van der Waals surface area contributed by atoms with Gasteiger partial charge in [-0.1, -0.05) is 20.3 Å². The molecule has 0 saturated carbocycles. The zero-order chi connectivity index (χ0) is 13.1. The lowest BCUT2D eigenvalue weighted by Gasteiger charge is -2.38. The largest absolute Gasteiger partial charge is 0.480 e. The molecule has 17 heavy (non-hydrogen) atoms. The van der Waals surface area contributed by atoms with E-state index in [1.54, 1.807) is 4.90 Å². The van der Waals surface area contributed by atoms with Gasteiger partial charge in [-0.05, 0) is 25.7 Å². The summed E-state index contributed by atoms with van der Waals surface area (Å²) in [6.07, 6.45) is 3.36. The van der Waals surface area contributed by atoms with Crippen molar-refractivity contribution in [3.8, 4) is 0 Å². The van der Waals surface area contributed by atoms with E-state index >= 15 is 0 Å². The zero-order valence-electron chi connectivity index (χ0n) is 10.6. The van der Waals surface area contributed by atoms with Crippen molar-refractivity contribution in [3.63, 3.8) is 0 Å². The molecule has 1 fully saturated rings. The van der Waals surface area contributed by atoms with Crippen molar-refractivity contribution in [2.75, 3.05) is 6.54 Å². The summed E-state index contributed by atoms with van der Waals surface area (Å²) in [4.78, 5) is 24.8. The van der Waals surface area contributed by atoms with Crippen LogP contribution in [0.25, 0.3) is 0 Å². The van der Waals surface area contributed by atoms with Crippen LogP contribution in [0.2, 0.25) is 0 Å². The number of amides is 1. The first-order valence-corrected chi connectivity index (χ1v) is 6.29. The molecule has 0 aromatic heterocycles. The van der Waals surface area contributed by atoms with Gasteiger partial charge in [-0.2, -0.15) is 0 Å². The number of aliphatic carboxylic acids is 1. The Balaban J connectivity index is 3.03. The smallest absolute Gasteiger partial charge is 0.324 e. The topological polar surface area (TPSA) is 83.6 Å². The molecule has 0 bridgehead atoms. The molecule has 1 amide bonds. The van der Waals surface area contributed by atoms with Crippen molar-refractivity contribution in [2.24, 2.45) is 5.73 Å². The van der Waals surface area contributed by atoms with Crippen LogP contribution in [0.15, 0.2) is 0 Å². The van der Waals surface area contributed by atoms with E-state index in [-0.39, 0.29) is 0 Å². The molecule has 0 spiro atoms. The molecular formula is C12H22N2O3. The van der Waals surface area contributed by atoms with E-state index in [9.17, 15) is 14.7 Å². The average molecular weight is 242 g/mol. The second-order valence-corrected chi connectivity index (χ2v) is 4.71. The van der Waals surface area contributed by atoms with Gasteiger partial charge >= 0.3 is 5.97 Å². The van der Waals surface area contributed by atoms with Crippen LogP contribution in [0.5, 0.6) is 0 Å². The maximum absolute atomic E-state index is 11.6. The van der Waals surface area contributed by atoms with Gasteiger partial charge in [0.1, 0.15) is 5.54 Å². The molecule has 2 unspecified atom stereocenters. The number of hydrogen-bond donors (Lipinski definition) is 2. The number of carboxylic acids is 1. The van der Waals surface area contributed by atoms with Gasteiger partial charge in [-0.25, -0.2) is 0 Å². The number of primary amides is 1. The number of carbonyl (C=O) groups excluding carboxylic acids is 1. The minimum Gasteiger partial charge on any atom is -0.480 e. The van der Waals surface area contributed by atoms with Gasteiger partial charge in [-0.3, -0.25) is 14.5 Å². The van der Waals surface area contributed by atoms with Crippen molar-refractivity contribution >= 4 is 11.9 Å². The Hall–Kier alpha value is -1.10. The third kappa shape index (κ3) is 2.44. The number of nitrogens with zero attached hydrogens (tertiary/aromatic N) is 1. The fourth-order valence-corrected chi connectivity index (χ4v) is 2.95. The molecule has 5 nitrogen and oxygen atoms in total. The molecule has 1 saturated heterocycles. The number of hydrogen-bond acceptors (Lipinski definition) is 3. The number of carboxylic acid groups (broad SMARTS) is 1. The summed E-state index contributed by atoms with van der Waals surface area (Å²) in [5.41, 5.74) is 4.49. The van der Waals surface area contributed by atoms with Gasteiger partial charge < -0.3 is 10.8 Å². The van der Waals surface area contributed by atoms with Gasteiger partial charge in [-0.15, -0.1) is 0 Å². The Morgan fingerprint density at radius 3 is 2.53 bits per heavy atom. The Kier molecular flexibility index (Phi) is 4.51. The Labute approximate surface area is 102 Å². The standard InChI is InChI=1S/C12H22N2O3/c1-3-6-12(11(16)17)7-5-8-14(12)9(4-2)10(13)15/h9H,3-8H2,1-2H3,(H2,13,15)(H,16,17). The summed E-state index contributed by atoms with van der Waals surface area (Å²) in [7, 11) is 0. The van der Waals surface area contributed by atoms with Crippen molar-refractivity contribution in [2.45, 2.75) is 57.5 Å². The molecule has 1 aliphatic rings. The van der Waals surface area contributed by atoms with Crippen molar-refractivity contribution in [1.82, 2.24) is 4.90 Å². The molecule has 98 valence electrons. The minimum absolute atomic E-state index is 0.420. The first kappa shape index (κ1) is 14.0. The van der Waals surface area contributed by atoms with E-state index in [4.69, 9.17) is 5.73 Å². The third-order valence-corrected chi connectivity index (χ3v) is 3.69. The minimum atomic E-state index is -0.884. The molecule has 5 heteroatoms. The predicted molar refractivity (Wildman–Crippen MR) is 64.5 cm³/mol. The van der Waals surface area contributed by atoms with Gasteiger partial charge in [0.05, 0.1) is 6.04 Å². The summed E-state index contributed by atoms with van der Waals surface area (Å²) >= 11 is 0. The molecule has 2 atom stereocenters. The first-order valence-electron chi connectivity index (χ1n) is 6.29. The van der Waals surface area contributed by atoms with Crippen molar-refractivity contribution in [1.29, 1.82) is 0 Å². The lowest BCUT2D eigenvalue weighted by Crippen LogP contribution is -2.57. The Morgan fingerprint density at radius 1 is 1.47 bits per heavy atom. The highest BCUT2D eigenvalue weighted by molar-refractivity contribution is 5.84. The second kappa shape index (κ2) is 5.49. The SMILES string of the molecule is CCCC1(C(=O)O)CCCN1C(CC)C(N)=O. The van der Waals surface area contributed by atoms with Crippen molar-refractivity contribution < 1.29 is 14.7 Å². The van der Waals surface area contributed by atoms with Crippen LogP contribution in [-0.2, 0) is 9.59 Å². The van der Waals surface area contributed by atoms with E-state index in [1.165, 1.54) is 0 Å². The highest BCUT2D eigenvalue weighted by atomic mass is 16.4. The maximum Gasteiger partial charge on any atom is 0.324 e. The number of likely N-dealkylation sites (tertiary alicyclic amines) is 1. The summed E-state index contributed by atoms with van der Waals surface area (Å²) < 4.78 is 0. The highest BCUT2D eigenvalue weighted by Crippen LogP contribution is 2.36. The molecule has 0 aliphatic carbocycles. The summed E-state index contributed by atoms with van der Waals surface area (Å²) in [5, 5.41) is 9.50. The fourth-order valence-electron chi connectivity index (χ4n) is 2.95. The summed E-state index contributed by atoms with van der Waals surface area (Å²) in [6.45, 7) is 4.48. The number of nitrogens with two attached hydrogens (primary N) is 1. The van der Waals surface area contributed by atoms with Crippen LogP contribution in [0, 0.1) is 0 Å². The van der Waals surface area contributed by atoms with Crippen LogP contribution in [0.4, 0.5) is 0 Å². The van der Waals surface area contributed by atoms with Gasteiger partial charge in [0.25, 0.3) is 0 Å². The van der Waals surface area contributed by atoms with Gasteiger partial charge in [0, 0.05) is 6.54 Å². The number of rotatable bonds is 6. The van der Waals surface area contributed by atoms with Crippen LogP contribution < -0.4 is 5.73 Å². The lowest BCUT2D eigenvalue weighted by atomic mass is 9.89. The van der Waals surface area contributed by atoms with E-state index < -0.39 is 23.5 Å². The third-order valence-electron chi connectivity index (χ3n) is 3.69. The second-order valence-electron chi connectivity index (χ2n) is 4.71. The first-order chi connectivity index (χ1) is 7.99. The van der Waals surface area contributed by atoms with E-state index in [1.807, 2.05) is 13.8 Å². The zero-order valence-corrected chi connectivity index (χ0v) is 10.6. The molecule has 1 rings (SSSR count). The van der Waals surface area contributed by atoms with Gasteiger partial charge in [0.2, 0.25) is 5.91 Å². The van der Waals surface area contributed by atoms with E-state index in [0.29, 0.717) is 25.8 Å². The van der Waals surface area contributed by atoms with E-state index in [2.05, 4.69) is 0 Å². The molecule has 0 aromatic rings. The molecular weight excluding hydrogens is 220 g/mol. The lowest BCUT2D eigenvalue weighted by molar-refractivity contribution is -0.153. The molecule has 1 aliphatic heterocycles. The van der Waals surface area contributed by atoms with Crippen LogP contribution in [0.3, 0.4) is 0 Å². The molecule has 1 heterocycles. The monoisotopic (exact) mass is 242 g/mol. The maximum atomic E-state index is 11.6. The predicted octanol–water partition coefficient (Wildman–Crippen LogP) is 0.970. The average Bonchev–Trinajstić information content (AvgIpc) is 2.64. The van der Waals surface area contributed by atoms with E-state index in [0.717, 1.165) is 12.8 Å². The van der Waals surface area contributed by atoms with Crippen LogP contribution in [-0.4, -0.2) is 40.0 Å². The quantitative estimate of drug-likeness (QED) is 0.727. The normalized spacial score (nSPS) is 26.9. The van der Waals surface area contributed by atoms with Crippen molar-refractivity contribution in [3.05, 3.63) is 0 Å². The Bertz CT molecular complexity index is 306. The van der Waals surface area contributed by atoms with Crippen LogP contribution >= 0.6 is 0 Å². The molecule has 0 aromatic carbocycles. The number of carbonyl (C=O) groups is 2. The fraction of sp³-hybridized carbons (Fsp3) is 0.833. The summed E-state index contributed by atoms with van der Waals surface area (Å²) in [5.74, 6) is -1.24. The molecule has 3 N–H and O–H groups in total.